The summed E-state index contributed by atoms with van der Waals surface area (Å²) >= 11 is 0. The molecule has 0 spiro atoms. The van der Waals surface area contributed by atoms with E-state index in [1.165, 1.54) is 6.07 Å². The molecule has 1 heterocycles. The van der Waals surface area contributed by atoms with Crippen LogP contribution >= 0.6 is 0 Å². The van der Waals surface area contributed by atoms with Gasteiger partial charge in [-0.05, 0) is 11.6 Å². The molecule has 0 aliphatic carbocycles. The number of ether oxygens (including phenoxy) is 1. The van der Waals surface area contributed by atoms with Gasteiger partial charge in [0.15, 0.2) is 0 Å². The molecule has 2 aromatic rings. The van der Waals surface area contributed by atoms with Crippen molar-refractivity contribution in [2.75, 3.05) is 0 Å². The number of nitro groups is 1. The highest BCUT2D eigenvalue weighted by atomic mass is 16.6. The molecule has 0 saturated carbocycles. The van der Waals surface area contributed by atoms with E-state index in [0.29, 0.717) is 11.9 Å². The predicted molar refractivity (Wildman–Crippen MR) is 79.4 cm³/mol. The molecule has 110 valence electrons. The van der Waals surface area contributed by atoms with Gasteiger partial charge in [-0.2, -0.15) is 0 Å². The first-order chi connectivity index (χ1) is 10.1. The van der Waals surface area contributed by atoms with Crippen LogP contribution in [0, 0.1) is 10.1 Å². The summed E-state index contributed by atoms with van der Waals surface area (Å²) in [6.07, 6.45) is 1.69. The molecule has 0 radical (unpaired) electrons. The fourth-order valence-corrected chi connectivity index (χ4v) is 1.70. The fraction of sp³-hybridized carbons (Fsp3) is 0.267. The number of pyridine rings is 1. The van der Waals surface area contributed by atoms with Gasteiger partial charge >= 0.3 is 5.69 Å². The Balaban J connectivity index is 2.09. The Labute approximate surface area is 122 Å². The molecule has 0 bridgehead atoms. The molecular formula is C15H17N3O3. The lowest BCUT2D eigenvalue weighted by atomic mass is 10.2. The van der Waals surface area contributed by atoms with Crippen LogP contribution in [0.1, 0.15) is 19.4 Å². The number of hydrogen-bond donors (Lipinski definition) is 1. The maximum Gasteiger partial charge on any atom is 0.311 e. The van der Waals surface area contributed by atoms with Crippen molar-refractivity contribution in [2.45, 2.75) is 26.4 Å². The minimum atomic E-state index is -0.476. The van der Waals surface area contributed by atoms with Gasteiger partial charge in [-0.25, -0.2) is 4.98 Å². The van der Waals surface area contributed by atoms with E-state index in [9.17, 15) is 10.1 Å². The zero-order valence-electron chi connectivity index (χ0n) is 11.9. The SMILES string of the molecule is CC(C)NCc1ccc(Oc2ccccc2[N+](=O)[O-])nc1. The first-order valence-electron chi connectivity index (χ1n) is 6.66. The maximum absolute atomic E-state index is 10.9. The Morgan fingerprint density at radius 3 is 2.67 bits per heavy atom. The Morgan fingerprint density at radius 1 is 1.29 bits per heavy atom. The molecule has 1 aromatic heterocycles. The molecule has 21 heavy (non-hydrogen) atoms. The lowest BCUT2D eigenvalue weighted by Crippen LogP contribution is -2.21. The van der Waals surface area contributed by atoms with E-state index in [1.807, 2.05) is 6.07 Å². The second kappa shape index (κ2) is 6.81. The number of hydrogen-bond acceptors (Lipinski definition) is 5. The van der Waals surface area contributed by atoms with Crippen molar-refractivity contribution in [3.05, 3.63) is 58.3 Å². The van der Waals surface area contributed by atoms with Gasteiger partial charge in [0.2, 0.25) is 11.6 Å². The van der Waals surface area contributed by atoms with Gasteiger partial charge in [-0.1, -0.05) is 32.0 Å². The number of nitro benzene ring substituents is 1. The summed E-state index contributed by atoms with van der Waals surface area (Å²) in [6.45, 7) is 4.86. The van der Waals surface area contributed by atoms with Gasteiger partial charge in [0.25, 0.3) is 0 Å². The van der Waals surface area contributed by atoms with Crippen molar-refractivity contribution in [1.82, 2.24) is 10.3 Å². The van der Waals surface area contributed by atoms with E-state index >= 15 is 0 Å². The molecule has 1 N–H and O–H groups in total. The average molecular weight is 287 g/mol. The third-order valence-electron chi connectivity index (χ3n) is 2.79. The van der Waals surface area contributed by atoms with Crippen LogP contribution in [0.4, 0.5) is 5.69 Å². The fourth-order valence-electron chi connectivity index (χ4n) is 1.70. The number of para-hydroxylation sites is 2. The minimum Gasteiger partial charge on any atom is -0.432 e. The lowest BCUT2D eigenvalue weighted by Gasteiger charge is -2.09. The van der Waals surface area contributed by atoms with Crippen molar-refractivity contribution in [3.8, 4) is 11.6 Å². The normalized spacial score (nSPS) is 10.6. The van der Waals surface area contributed by atoms with E-state index < -0.39 is 4.92 Å². The standard InChI is InChI=1S/C15H17N3O3/c1-11(2)16-9-12-7-8-15(17-10-12)21-14-6-4-3-5-13(14)18(19)20/h3-8,10-11,16H,9H2,1-2H3. The van der Waals surface area contributed by atoms with Crippen molar-refractivity contribution in [2.24, 2.45) is 0 Å². The minimum absolute atomic E-state index is 0.0788. The summed E-state index contributed by atoms with van der Waals surface area (Å²) in [5.74, 6) is 0.514. The van der Waals surface area contributed by atoms with Gasteiger partial charge in [-0.15, -0.1) is 0 Å². The van der Waals surface area contributed by atoms with E-state index in [1.54, 1.807) is 30.5 Å². The Morgan fingerprint density at radius 2 is 2.05 bits per heavy atom. The molecule has 0 unspecified atom stereocenters. The number of nitrogens with one attached hydrogen (secondary N) is 1. The van der Waals surface area contributed by atoms with Crippen molar-refractivity contribution >= 4 is 5.69 Å². The lowest BCUT2D eigenvalue weighted by molar-refractivity contribution is -0.385. The molecule has 0 aliphatic rings. The molecule has 0 saturated heterocycles. The van der Waals surface area contributed by atoms with Crippen LogP contribution in [0.15, 0.2) is 42.6 Å². The number of benzene rings is 1. The second-order valence-electron chi connectivity index (χ2n) is 4.87. The molecule has 2 rings (SSSR count). The molecular weight excluding hydrogens is 270 g/mol. The summed E-state index contributed by atoms with van der Waals surface area (Å²) in [4.78, 5) is 14.6. The highest BCUT2D eigenvalue weighted by molar-refractivity contribution is 5.47. The first-order valence-corrected chi connectivity index (χ1v) is 6.66. The summed E-state index contributed by atoms with van der Waals surface area (Å²) in [5.41, 5.74) is 0.948. The van der Waals surface area contributed by atoms with Crippen LogP contribution in [-0.2, 0) is 6.54 Å². The third-order valence-corrected chi connectivity index (χ3v) is 2.79. The number of nitrogens with zero attached hydrogens (tertiary/aromatic N) is 2. The average Bonchev–Trinajstić information content (AvgIpc) is 2.47. The van der Waals surface area contributed by atoms with Gasteiger partial charge in [0, 0.05) is 30.9 Å². The summed E-state index contributed by atoms with van der Waals surface area (Å²) in [7, 11) is 0. The molecule has 0 aliphatic heterocycles. The van der Waals surface area contributed by atoms with Crippen LogP contribution < -0.4 is 10.1 Å². The number of rotatable bonds is 6. The van der Waals surface area contributed by atoms with Crippen molar-refractivity contribution in [3.63, 3.8) is 0 Å². The molecule has 0 fully saturated rings. The maximum atomic E-state index is 10.9. The molecule has 0 amide bonds. The zero-order chi connectivity index (χ0) is 15.2. The van der Waals surface area contributed by atoms with Crippen LogP contribution in [-0.4, -0.2) is 15.9 Å². The third kappa shape index (κ3) is 4.25. The van der Waals surface area contributed by atoms with Gasteiger partial charge in [-0.3, -0.25) is 10.1 Å². The smallest absolute Gasteiger partial charge is 0.311 e. The van der Waals surface area contributed by atoms with Crippen LogP contribution in [0.25, 0.3) is 0 Å². The van der Waals surface area contributed by atoms with E-state index in [4.69, 9.17) is 4.74 Å². The molecule has 1 aromatic carbocycles. The number of aromatic nitrogens is 1. The largest absolute Gasteiger partial charge is 0.432 e. The second-order valence-corrected chi connectivity index (χ2v) is 4.87. The Kier molecular flexibility index (Phi) is 4.84. The topological polar surface area (TPSA) is 77.3 Å². The Bertz CT molecular complexity index is 612. The monoisotopic (exact) mass is 287 g/mol. The van der Waals surface area contributed by atoms with E-state index in [0.717, 1.165) is 12.1 Å². The summed E-state index contributed by atoms with van der Waals surface area (Å²) < 4.78 is 5.48. The van der Waals surface area contributed by atoms with Crippen LogP contribution in [0.2, 0.25) is 0 Å². The zero-order valence-corrected chi connectivity index (χ0v) is 11.9. The molecule has 6 heteroatoms. The van der Waals surface area contributed by atoms with Crippen molar-refractivity contribution < 1.29 is 9.66 Å². The predicted octanol–water partition coefficient (Wildman–Crippen LogP) is 3.28. The Hall–Kier alpha value is -2.47. The van der Waals surface area contributed by atoms with Crippen LogP contribution in [0.3, 0.4) is 0 Å². The van der Waals surface area contributed by atoms with E-state index in [2.05, 4.69) is 24.1 Å². The highest BCUT2D eigenvalue weighted by Crippen LogP contribution is 2.29. The van der Waals surface area contributed by atoms with Crippen LogP contribution in [0.5, 0.6) is 11.6 Å². The van der Waals surface area contributed by atoms with Gasteiger partial charge in [0.1, 0.15) is 0 Å². The summed E-state index contributed by atoms with van der Waals surface area (Å²) in [6, 6.07) is 10.2. The summed E-state index contributed by atoms with van der Waals surface area (Å²) in [5, 5.41) is 14.2. The van der Waals surface area contributed by atoms with Gasteiger partial charge in [0.05, 0.1) is 4.92 Å². The molecule has 0 atom stereocenters. The highest BCUT2D eigenvalue weighted by Gasteiger charge is 2.14. The van der Waals surface area contributed by atoms with E-state index in [-0.39, 0.29) is 11.4 Å². The van der Waals surface area contributed by atoms with Crippen molar-refractivity contribution in [1.29, 1.82) is 0 Å². The molecule has 6 nitrogen and oxygen atoms in total. The van der Waals surface area contributed by atoms with Gasteiger partial charge < -0.3 is 10.1 Å². The first kappa shape index (κ1) is 14.9. The quantitative estimate of drug-likeness (QED) is 0.651.